The van der Waals surface area contributed by atoms with Crippen molar-refractivity contribution >= 4 is 28.5 Å². The molecule has 0 unspecified atom stereocenters. The van der Waals surface area contributed by atoms with Crippen LogP contribution < -0.4 is 5.32 Å². The molecule has 1 nitrogen and oxygen atoms in total. The standard InChI is InChI=1S/C26H25NS/c1-18-9-11-19(12-10-18)22-15-16-26(2,3)24-14-13-20(17-23(22)24)25(28)27-21-7-5-4-6-8-21/h4-15,17H,16H2,1-3H3,(H,27,28). The summed E-state index contributed by atoms with van der Waals surface area (Å²) in [6.45, 7) is 6.75. The minimum atomic E-state index is 0.122. The van der Waals surface area contributed by atoms with Gasteiger partial charge in [-0.05, 0) is 59.2 Å². The minimum absolute atomic E-state index is 0.122. The molecule has 0 radical (unpaired) electrons. The Hall–Kier alpha value is -2.71. The number of nitrogens with one attached hydrogen (secondary N) is 1. The molecule has 0 aliphatic heterocycles. The summed E-state index contributed by atoms with van der Waals surface area (Å²) in [5.74, 6) is 0. The summed E-state index contributed by atoms with van der Waals surface area (Å²) in [5, 5.41) is 3.36. The number of hydrogen-bond donors (Lipinski definition) is 1. The third kappa shape index (κ3) is 3.65. The van der Waals surface area contributed by atoms with E-state index in [2.05, 4.69) is 74.6 Å². The van der Waals surface area contributed by atoms with Crippen molar-refractivity contribution in [1.82, 2.24) is 0 Å². The first-order valence-corrected chi connectivity index (χ1v) is 10.1. The maximum absolute atomic E-state index is 5.71. The van der Waals surface area contributed by atoms with Crippen LogP contribution in [0.4, 0.5) is 5.69 Å². The van der Waals surface area contributed by atoms with E-state index in [1.54, 1.807) is 0 Å². The van der Waals surface area contributed by atoms with Crippen LogP contribution in [0.15, 0.2) is 78.9 Å². The van der Waals surface area contributed by atoms with Crippen LogP contribution >= 0.6 is 12.2 Å². The molecule has 140 valence electrons. The van der Waals surface area contributed by atoms with Crippen molar-refractivity contribution < 1.29 is 0 Å². The van der Waals surface area contributed by atoms with Crippen LogP contribution in [0.25, 0.3) is 5.57 Å². The van der Waals surface area contributed by atoms with E-state index in [1.165, 1.54) is 27.8 Å². The molecule has 0 fully saturated rings. The highest BCUT2D eigenvalue weighted by molar-refractivity contribution is 7.81. The van der Waals surface area contributed by atoms with E-state index in [1.807, 2.05) is 30.3 Å². The van der Waals surface area contributed by atoms with E-state index < -0.39 is 0 Å². The lowest BCUT2D eigenvalue weighted by Crippen LogP contribution is -2.22. The summed E-state index contributed by atoms with van der Waals surface area (Å²) >= 11 is 5.71. The monoisotopic (exact) mass is 383 g/mol. The van der Waals surface area contributed by atoms with Crippen LogP contribution in [0.5, 0.6) is 0 Å². The average Bonchev–Trinajstić information content (AvgIpc) is 2.69. The molecule has 1 N–H and O–H groups in total. The Labute approximate surface area is 173 Å². The maximum atomic E-state index is 5.71. The van der Waals surface area contributed by atoms with Gasteiger partial charge in [0, 0.05) is 11.3 Å². The SMILES string of the molecule is Cc1ccc(C2=CCC(C)(C)c3ccc(C(=S)Nc4ccccc4)cc32)cc1. The third-order valence-corrected chi connectivity index (χ3v) is 5.85. The number of para-hydroxylation sites is 1. The highest BCUT2D eigenvalue weighted by atomic mass is 32.1. The number of rotatable bonds is 3. The van der Waals surface area contributed by atoms with Crippen molar-refractivity contribution in [3.05, 3.63) is 107 Å². The first kappa shape index (κ1) is 18.6. The molecule has 0 heterocycles. The number of aryl methyl sites for hydroxylation is 1. The molecular formula is C26H25NS. The van der Waals surface area contributed by atoms with Crippen molar-refractivity contribution in [2.24, 2.45) is 0 Å². The van der Waals surface area contributed by atoms with Crippen molar-refractivity contribution in [1.29, 1.82) is 0 Å². The van der Waals surface area contributed by atoms with Gasteiger partial charge in [-0.15, -0.1) is 0 Å². The number of thiocarbonyl (C=S) groups is 1. The summed E-state index contributed by atoms with van der Waals surface area (Å²) in [5.41, 5.74) is 8.71. The summed E-state index contributed by atoms with van der Waals surface area (Å²) in [6, 6.07) is 25.6. The summed E-state index contributed by atoms with van der Waals surface area (Å²) in [7, 11) is 0. The molecule has 1 aliphatic carbocycles. The van der Waals surface area contributed by atoms with Crippen molar-refractivity contribution in [2.45, 2.75) is 32.6 Å². The Morgan fingerprint density at radius 2 is 1.64 bits per heavy atom. The lowest BCUT2D eigenvalue weighted by atomic mass is 9.72. The van der Waals surface area contributed by atoms with Crippen LogP contribution in [0.3, 0.4) is 0 Å². The van der Waals surface area contributed by atoms with Crippen LogP contribution in [0.2, 0.25) is 0 Å². The molecule has 3 aromatic carbocycles. The van der Waals surface area contributed by atoms with Crippen molar-refractivity contribution in [2.75, 3.05) is 5.32 Å². The number of anilines is 1. The molecule has 0 aromatic heterocycles. The summed E-state index contributed by atoms with van der Waals surface area (Å²) < 4.78 is 0. The van der Waals surface area contributed by atoms with E-state index in [0.717, 1.165) is 22.7 Å². The first-order chi connectivity index (χ1) is 13.4. The van der Waals surface area contributed by atoms with Crippen LogP contribution in [-0.2, 0) is 5.41 Å². The van der Waals surface area contributed by atoms with Gasteiger partial charge in [-0.1, -0.05) is 92.3 Å². The predicted octanol–water partition coefficient (Wildman–Crippen LogP) is 6.90. The zero-order chi connectivity index (χ0) is 19.7. The number of fused-ring (bicyclic) bond motifs is 1. The highest BCUT2D eigenvalue weighted by Crippen LogP contribution is 2.41. The molecule has 4 rings (SSSR count). The zero-order valence-electron chi connectivity index (χ0n) is 16.6. The second kappa shape index (κ2) is 7.37. The Balaban J connectivity index is 1.74. The normalized spacial score (nSPS) is 14.8. The van der Waals surface area contributed by atoms with E-state index in [4.69, 9.17) is 12.2 Å². The van der Waals surface area contributed by atoms with Gasteiger partial charge < -0.3 is 5.32 Å². The summed E-state index contributed by atoms with van der Waals surface area (Å²) in [4.78, 5) is 0.751. The molecule has 1 aliphatic rings. The molecule has 0 spiro atoms. The average molecular weight is 384 g/mol. The topological polar surface area (TPSA) is 12.0 Å². The Morgan fingerprint density at radius 1 is 0.929 bits per heavy atom. The molecular weight excluding hydrogens is 358 g/mol. The molecule has 0 saturated carbocycles. The largest absolute Gasteiger partial charge is 0.346 e. The third-order valence-electron chi connectivity index (χ3n) is 5.51. The quantitative estimate of drug-likeness (QED) is 0.494. The second-order valence-corrected chi connectivity index (χ2v) is 8.56. The predicted molar refractivity (Wildman–Crippen MR) is 124 cm³/mol. The summed E-state index contributed by atoms with van der Waals surface area (Å²) in [6.07, 6.45) is 3.42. The Morgan fingerprint density at radius 3 is 2.36 bits per heavy atom. The zero-order valence-corrected chi connectivity index (χ0v) is 17.4. The molecule has 0 bridgehead atoms. The van der Waals surface area contributed by atoms with E-state index in [0.29, 0.717) is 0 Å². The van der Waals surface area contributed by atoms with Crippen LogP contribution in [-0.4, -0.2) is 4.99 Å². The fraction of sp³-hybridized carbons (Fsp3) is 0.192. The van der Waals surface area contributed by atoms with E-state index >= 15 is 0 Å². The van der Waals surface area contributed by atoms with Gasteiger partial charge in [0.15, 0.2) is 0 Å². The van der Waals surface area contributed by atoms with Gasteiger partial charge in [0.1, 0.15) is 4.99 Å². The molecule has 28 heavy (non-hydrogen) atoms. The van der Waals surface area contributed by atoms with Crippen molar-refractivity contribution in [3.8, 4) is 0 Å². The smallest absolute Gasteiger partial charge is 0.111 e. The van der Waals surface area contributed by atoms with Gasteiger partial charge in [0.2, 0.25) is 0 Å². The first-order valence-electron chi connectivity index (χ1n) is 9.72. The number of benzene rings is 3. The highest BCUT2D eigenvalue weighted by Gasteiger charge is 2.29. The number of hydrogen-bond acceptors (Lipinski definition) is 1. The van der Waals surface area contributed by atoms with Gasteiger partial charge >= 0.3 is 0 Å². The Bertz CT molecular complexity index is 1040. The van der Waals surface area contributed by atoms with E-state index in [9.17, 15) is 0 Å². The van der Waals surface area contributed by atoms with Crippen molar-refractivity contribution in [3.63, 3.8) is 0 Å². The second-order valence-electron chi connectivity index (χ2n) is 8.15. The van der Waals surface area contributed by atoms with Gasteiger partial charge in [0.05, 0.1) is 0 Å². The van der Waals surface area contributed by atoms with Crippen LogP contribution in [0, 0.1) is 6.92 Å². The fourth-order valence-electron chi connectivity index (χ4n) is 3.81. The molecule has 0 atom stereocenters. The van der Waals surface area contributed by atoms with Gasteiger partial charge in [-0.2, -0.15) is 0 Å². The Kier molecular flexibility index (Phi) is 4.91. The minimum Gasteiger partial charge on any atom is -0.346 e. The van der Waals surface area contributed by atoms with Gasteiger partial charge in [-0.3, -0.25) is 0 Å². The lowest BCUT2D eigenvalue weighted by molar-refractivity contribution is 0.527. The molecule has 0 saturated heterocycles. The van der Waals surface area contributed by atoms with Gasteiger partial charge in [-0.25, -0.2) is 0 Å². The van der Waals surface area contributed by atoms with E-state index in [-0.39, 0.29) is 5.41 Å². The fourth-order valence-corrected chi connectivity index (χ4v) is 4.05. The van der Waals surface area contributed by atoms with Gasteiger partial charge in [0.25, 0.3) is 0 Å². The molecule has 2 heteroatoms. The van der Waals surface area contributed by atoms with Crippen LogP contribution in [0.1, 0.15) is 48.1 Å². The molecule has 3 aromatic rings. The number of allylic oxidation sites excluding steroid dienone is 1. The maximum Gasteiger partial charge on any atom is 0.111 e. The lowest BCUT2D eigenvalue weighted by Gasteiger charge is -2.32. The molecule has 0 amide bonds.